The highest BCUT2D eigenvalue weighted by Gasteiger charge is 2.15. The molecule has 8 heteroatoms. The molecule has 0 spiro atoms. The van der Waals surface area contributed by atoms with E-state index in [1.165, 1.54) is 12.1 Å². The van der Waals surface area contributed by atoms with Crippen LogP contribution in [0.5, 0.6) is 0 Å². The van der Waals surface area contributed by atoms with Crippen LogP contribution < -0.4 is 5.32 Å². The van der Waals surface area contributed by atoms with Gasteiger partial charge in [0.25, 0.3) is 5.69 Å². The number of nitro groups is 1. The number of nitro benzene ring substituents is 1. The molecular formula is C13H14N4O4. The van der Waals surface area contributed by atoms with Crippen LogP contribution in [0.2, 0.25) is 0 Å². The lowest BCUT2D eigenvalue weighted by Crippen LogP contribution is -2.09. The van der Waals surface area contributed by atoms with Crippen LogP contribution in [0.25, 0.3) is 0 Å². The lowest BCUT2D eigenvalue weighted by molar-refractivity contribution is -0.384. The third-order valence-corrected chi connectivity index (χ3v) is 2.93. The van der Waals surface area contributed by atoms with Crippen LogP contribution in [0.15, 0.2) is 30.6 Å². The van der Waals surface area contributed by atoms with Gasteiger partial charge in [-0.3, -0.25) is 14.8 Å². The van der Waals surface area contributed by atoms with Crippen molar-refractivity contribution in [3.05, 3.63) is 51.8 Å². The number of hydrogen-bond acceptors (Lipinski definition) is 5. The molecule has 8 nitrogen and oxygen atoms in total. The number of nitrogens with one attached hydrogen (secondary N) is 1. The molecular weight excluding hydrogens is 276 g/mol. The quantitative estimate of drug-likeness (QED) is 0.618. The van der Waals surface area contributed by atoms with Gasteiger partial charge in [-0.1, -0.05) is 0 Å². The average molecular weight is 290 g/mol. The van der Waals surface area contributed by atoms with Crippen molar-refractivity contribution in [3.63, 3.8) is 0 Å². The SMILES string of the molecule is Cn1cc(CCNc2ccc([N+](=O)[O-])cc2C(=O)O)cn1. The lowest BCUT2D eigenvalue weighted by atomic mass is 10.1. The summed E-state index contributed by atoms with van der Waals surface area (Å²) in [6, 6.07) is 3.73. The van der Waals surface area contributed by atoms with E-state index in [9.17, 15) is 14.9 Å². The first-order valence-corrected chi connectivity index (χ1v) is 6.20. The largest absolute Gasteiger partial charge is 0.478 e. The Morgan fingerprint density at radius 3 is 2.86 bits per heavy atom. The molecule has 0 unspecified atom stereocenters. The number of carboxylic acids is 1. The van der Waals surface area contributed by atoms with Gasteiger partial charge in [0.15, 0.2) is 0 Å². The third-order valence-electron chi connectivity index (χ3n) is 2.93. The van der Waals surface area contributed by atoms with Gasteiger partial charge < -0.3 is 10.4 Å². The van der Waals surface area contributed by atoms with Crippen LogP contribution in [0.1, 0.15) is 15.9 Å². The summed E-state index contributed by atoms with van der Waals surface area (Å²) < 4.78 is 1.68. The zero-order chi connectivity index (χ0) is 15.4. The number of anilines is 1. The number of aryl methyl sites for hydroxylation is 1. The summed E-state index contributed by atoms with van der Waals surface area (Å²) >= 11 is 0. The highest BCUT2D eigenvalue weighted by molar-refractivity contribution is 5.95. The first-order chi connectivity index (χ1) is 9.97. The van der Waals surface area contributed by atoms with Gasteiger partial charge in [0.2, 0.25) is 0 Å². The zero-order valence-electron chi connectivity index (χ0n) is 11.3. The molecule has 2 rings (SSSR count). The minimum atomic E-state index is -1.21. The molecule has 0 fully saturated rings. The molecule has 0 atom stereocenters. The van der Waals surface area contributed by atoms with Crippen molar-refractivity contribution in [2.45, 2.75) is 6.42 Å². The molecule has 1 heterocycles. The molecule has 21 heavy (non-hydrogen) atoms. The number of benzene rings is 1. The molecule has 1 aromatic carbocycles. The first-order valence-electron chi connectivity index (χ1n) is 6.20. The van der Waals surface area contributed by atoms with Crippen molar-refractivity contribution in [2.75, 3.05) is 11.9 Å². The van der Waals surface area contributed by atoms with E-state index in [4.69, 9.17) is 5.11 Å². The van der Waals surface area contributed by atoms with Crippen LogP contribution in [0.3, 0.4) is 0 Å². The van der Waals surface area contributed by atoms with Gasteiger partial charge in [0.05, 0.1) is 16.7 Å². The van der Waals surface area contributed by atoms with E-state index in [1.54, 1.807) is 10.9 Å². The van der Waals surface area contributed by atoms with Crippen molar-refractivity contribution in [1.29, 1.82) is 0 Å². The monoisotopic (exact) mass is 290 g/mol. The first kappa shape index (κ1) is 14.5. The van der Waals surface area contributed by atoms with E-state index in [0.29, 0.717) is 18.7 Å². The molecule has 2 aromatic rings. The van der Waals surface area contributed by atoms with E-state index in [1.807, 2.05) is 13.2 Å². The van der Waals surface area contributed by atoms with Crippen LogP contribution in [-0.4, -0.2) is 32.3 Å². The summed E-state index contributed by atoms with van der Waals surface area (Å²) in [6.45, 7) is 0.504. The van der Waals surface area contributed by atoms with Crippen LogP contribution in [-0.2, 0) is 13.5 Å². The predicted octanol–water partition coefficient (Wildman–Crippen LogP) is 1.68. The van der Waals surface area contributed by atoms with Gasteiger partial charge in [-0.25, -0.2) is 4.79 Å². The number of non-ortho nitro benzene ring substituents is 1. The summed E-state index contributed by atoms with van der Waals surface area (Å²) in [5.41, 5.74) is 1.02. The molecule has 110 valence electrons. The molecule has 0 bridgehead atoms. The fourth-order valence-corrected chi connectivity index (χ4v) is 1.92. The Hall–Kier alpha value is -2.90. The average Bonchev–Trinajstić information content (AvgIpc) is 2.84. The van der Waals surface area contributed by atoms with E-state index in [-0.39, 0.29) is 11.3 Å². The number of carboxylic acid groups (broad SMARTS) is 1. The molecule has 0 amide bonds. The molecule has 0 aliphatic rings. The summed E-state index contributed by atoms with van der Waals surface area (Å²) in [5, 5.41) is 26.8. The second kappa shape index (κ2) is 6.04. The number of nitrogens with zero attached hydrogens (tertiary/aromatic N) is 3. The van der Waals surface area contributed by atoms with Crippen LogP contribution >= 0.6 is 0 Å². The zero-order valence-corrected chi connectivity index (χ0v) is 11.3. The molecule has 0 aliphatic heterocycles. The van der Waals surface area contributed by atoms with Gasteiger partial charge >= 0.3 is 5.97 Å². The van der Waals surface area contributed by atoms with Gasteiger partial charge in [0, 0.05) is 37.6 Å². The Morgan fingerprint density at radius 1 is 1.52 bits per heavy atom. The second-order valence-electron chi connectivity index (χ2n) is 4.49. The fraction of sp³-hybridized carbons (Fsp3) is 0.231. The predicted molar refractivity (Wildman–Crippen MR) is 75.5 cm³/mol. The van der Waals surface area contributed by atoms with E-state index >= 15 is 0 Å². The Morgan fingerprint density at radius 2 is 2.29 bits per heavy atom. The smallest absolute Gasteiger partial charge is 0.338 e. The maximum Gasteiger partial charge on any atom is 0.338 e. The van der Waals surface area contributed by atoms with Gasteiger partial charge in [-0.2, -0.15) is 5.10 Å². The Balaban J connectivity index is 2.08. The summed E-state index contributed by atoms with van der Waals surface area (Å²) in [6.07, 6.45) is 4.27. The standard InChI is InChI=1S/C13H14N4O4/c1-16-8-9(7-15-16)4-5-14-12-3-2-10(17(20)21)6-11(12)13(18)19/h2-3,6-8,14H,4-5H2,1H3,(H,18,19). The fourth-order valence-electron chi connectivity index (χ4n) is 1.92. The maximum atomic E-state index is 11.2. The summed E-state index contributed by atoms with van der Waals surface area (Å²) in [7, 11) is 1.82. The summed E-state index contributed by atoms with van der Waals surface area (Å²) in [5.74, 6) is -1.21. The molecule has 0 saturated heterocycles. The Bertz CT molecular complexity index is 681. The number of rotatable bonds is 6. The molecule has 0 aliphatic carbocycles. The van der Waals surface area contributed by atoms with Crippen molar-refractivity contribution >= 4 is 17.3 Å². The van der Waals surface area contributed by atoms with Gasteiger partial charge in [-0.05, 0) is 18.1 Å². The maximum absolute atomic E-state index is 11.2. The minimum Gasteiger partial charge on any atom is -0.478 e. The van der Waals surface area contributed by atoms with Crippen molar-refractivity contribution in [2.24, 2.45) is 7.05 Å². The molecule has 1 aromatic heterocycles. The van der Waals surface area contributed by atoms with E-state index in [0.717, 1.165) is 11.6 Å². The summed E-state index contributed by atoms with van der Waals surface area (Å²) in [4.78, 5) is 21.2. The highest BCUT2D eigenvalue weighted by Crippen LogP contribution is 2.22. The van der Waals surface area contributed by atoms with Crippen LogP contribution in [0.4, 0.5) is 11.4 Å². The second-order valence-corrected chi connectivity index (χ2v) is 4.49. The van der Waals surface area contributed by atoms with Crippen LogP contribution in [0, 0.1) is 10.1 Å². The number of carbonyl (C=O) groups is 1. The number of aromatic nitrogens is 2. The molecule has 0 radical (unpaired) electrons. The number of aromatic carboxylic acids is 1. The third kappa shape index (κ3) is 3.56. The van der Waals surface area contributed by atoms with Crippen molar-refractivity contribution in [1.82, 2.24) is 9.78 Å². The normalized spacial score (nSPS) is 10.3. The molecule has 2 N–H and O–H groups in total. The Kier molecular flexibility index (Phi) is 4.17. The van der Waals surface area contributed by atoms with Gasteiger partial charge in [0.1, 0.15) is 0 Å². The van der Waals surface area contributed by atoms with Gasteiger partial charge in [-0.15, -0.1) is 0 Å². The van der Waals surface area contributed by atoms with E-state index < -0.39 is 10.9 Å². The van der Waals surface area contributed by atoms with Crippen molar-refractivity contribution in [3.8, 4) is 0 Å². The van der Waals surface area contributed by atoms with Crippen molar-refractivity contribution < 1.29 is 14.8 Å². The topological polar surface area (TPSA) is 110 Å². The van der Waals surface area contributed by atoms with E-state index in [2.05, 4.69) is 10.4 Å². The molecule has 0 saturated carbocycles. The lowest BCUT2D eigenvalue weighted by Gasteiger charge is -2.08. The Labute approximate surface area is 120 Å². The minimum absolute atomic E-state index is 0.115. The highest BCUT2D eigenvalue weighted by atomic mass is 16.6. The number of hydrogen-bond donors (Lipinski definition) is 2.